The van der Waals surface area contributed by atoms with Gasteiger partial charge in [-0.1, -0.05) is 23.7 Å². The van der Waals surface area contributed by atoms with Gasteiger partial charge in [-0.3, -0.25) is 9.69 Å². The van der Waals surface area contributed by atoms with Crippen LogP contribution in [0.1, 0.15) is 5.56 Å². The van der Waals surface area contributed by atoms with Crippen LogP contribution >= 0.6 is 23.4 Å². The third-order valence-electron chi connectivity index (χ3n) is 3.77. The molecule has 5 nitrogen and oxygen atoms in total. The summed E-state index contributed by atoms with van der Waals surface area (Å²) in [6.45, 7) is 0. The maximum atomic E-state index is 12.6. The van der Waals surface area contributed by atoms with E-state index in [2.05, 4.69) is 4.99 Å². The van der Waals surface area contributed by atoms with Crippen LogP contribution in [-0.2, 0) is 4.79 Å². The van der Waals surface area contributed by atoms with E-state index in [4.69, 9.17) is 21.1 Å². The van der Waals surface area contributed by atoms with Crippen LogP contribution in [0.25, 0.3) is 6.08 Å². The molecular formula is C19H17ClN2O3S. The predicted molar refractivity (Wildman–Crippen MR) is 106 cm³/mol. The zero-order valence-electron chi connectivity index (χ0n) is 14.5. The van der Waals surface area contributed by atoms with Crippen molar-refractivity contribution < 1.29 is 14.3 Å². The number of rotatable bonds is 4. The number of amides is 1. The fraction of sp³-hybridized carbons (Fsp3) is 0.158. The molecule has 0 radical (unpaired) electrons. The minimum atomic E-state index is -0.118. The molecule has 1 aliphatic rings. The quantitative estimate of drug-likeness (QED) is 0.719. The maximum absolute atomic E-state index is 12.6. The largest absolute Gasteiger partial charge is 0.493 e. The van der Waals surface area contributed by atoms with Crippen LogP contribution in [0.15, 0.2) is 52.4 Å². The molecule has 0 aromatic heterocycles. The first-order valence-corrected chi connectivity index (χ1v) is 8.95. The second-order valence-electron chi connectivity index (χ2n) is 5.43. The molecule has 1 heterocycles. The van der Waals surface area contributed by atoms with E-state index in [1.807, 2.05) is 18.2 Å². The van der Waals surface area contributed by atoms with Crippen molar-refractivity contribution in [2.45, 2.75) is 0 Å². The molecule has 0 atom stereocenters. The highest BCUT2D eigenvalue weighted by Gasteiger charge is 2.30. The summed E-state index contributed by atoms with van der Waals surface area (Å²) in [7, 11) is 4.85. The molecule has 7 heteroatoms. The molecule has 3 rings (SSSR count). The van der Waals surface area contributed by atoms with Crippen LogP contribution in [-0.4, -0.2) is 37.2 Å². The molecule has 1 saturated heterocycles. The van der Waals surface area contributed by atoms with Crippen molar-refractivity contribution in [3.63, 3.8) is 0 Å². The Bertz CT molecular complexity index is 894. The van der Waals surface area contributed by atoms with Crippen LogP contribution < -0.4 is 9.47 Å². The second-order valence-corrected chi connectivity index (χ2v) is 6.87. The van der Waals surface area contributed by atoms with E-state index in [9.17, 15) is 4.79 Å². The Morgan fingerprint density at radius 2 is 1.85 bits per heavy atom. The van der Waals surface area contributed by atoms with Crippen LogP contribution in [0.2, 0.25) is 5.02 Å². The van der Waals surface area contributed by atoms with Crippen molar-refractivity contribution in [1.29, 1.82) is 0 Å². The summed E-state index contributed by atoms with van der Waals surface area (Å²) in [5, 5.41) is 1.24. The third kappa shape index (κ3) is 3.71. The molecule has 1 amide bonds. The number of benzene rings is 2. The SMILES string of the molecule is COc1cccc(/C=C2/SC(=Nc3ccc(Cl)cc3)N(C)C2=O)c1OC. The lowest BCUT2D eigenvalue weighted by Crippen LogP contribution is -2.23. The van der Waals surface area contributed by atoms with Gasteiger partial charge >= 0.3 is 0 Å². The Morgan fingerprint density at radius 3 is 2.50 bits per heavy atom. The van der Waals surface area contributed by atoms with Crippen molar-refractivity contribution in [1.82, 2.24) is 4.90 Å². The topological polar surface area (TPSA) is 51.1 Å². The smallest absolute Gasteiger partial charge is 0.266 e. The van der Waals surface area contributed by atoms with E-state index in [0.29, 0.717) is 26.6 Å². The lowest BCUT2D eigenvalue weighted by atomic mass is 10.1. The molecule has 2 aromatic rings. The molecule has 0 saturated carbocycles. The van der Waals surface area contributed by atoms with Gasteiger partial charge in [0.1, 0.15) is 0 Å². The molecule has 134 valence electrons. The van der Waals surface area contributed by atoms with Crippen molar-refractivity contribution >= 4 is 46.2 Å². The van der Waals surface area contributed by atoms with Gasteiger partial charge in [0.15, 0.2) is 16.7 Å². The van der Waals surface area contributed by atoms with E-state index in [1.165, 1.54) is 16.7 Å². The highest BCUT2D eigenvalue weighted by Crippen LogP contribution is 2.37. The number of hydrogen-bond donors (Lipinski definition) is 0. The average molecular weight is 389 g/mol. The van der Waals surface area contributed by atoms with Crippen molar-refractivity contribution in [2.24, 2.45) is 4.99 Å². The molecule has 0 spiro atoms. The van der Waals surface area contributed by atoms with E-state index in [0.717, 1.165) is 11.3 Å². The number of aliphatic imine (C=N–C) groups is 1. The Morgan fingerprint density at radius 1 is 1.12 bits per heavy atom. The van der Waals surface area contributed by atoms with E-state index >= 15 is 0 Å². The van der Waals surface area contributed by atoms with Gasteiger partial charge in [0.25, 0.3) is 5.91 Å². The summed E-state index contributed by atoms with van der Waals surface area (Å²) >= 11 is 7.21. The number of amidine groups is 1. The van der Waals surface area contributed by atoms with Crippen LogP contribution in [0.5, 0.6) is 11.5 Å². The standard InChI is InChI=1S/C19H17ClN2O3S/c1-22-18(23)16(11-12-5-4-6-15(24-2)17(12)25-3)26-19(22)21-14-9-7-13(20)8-10-14/h4-11H,1-3H3/b16-11+,21-19?. The van der Waals surface area contributed by atoms with Crippen LogP contribution in [0.4, 0.5) is 5.69 Å². The Labute approximate surface area is 161 Å². The third-order valence-corrected chi connectivity index (χ3v) is 5.09. The number of likely N-dealkylation sites (N-methyl/N-ethyl adjacent to an activating group) is 1. The zero-order chi connectivity index (χ0) is 18.7. The molecule has 2 aromatic carbocycles. The molecule has 0 unspecified atom stereocenters. The van der Waals surface area contributed by atoms with Crippen molar-refractivity contribution in [3.8, 4) is 11.5 Å². The minimum absolute atomic E-state index is 0.118. The number of methoxy groups -OCH3 is 2. The van der Waals surface area contributed by atoms with E-state index in [1.54, 1.807) is 51.6 Å². The summed E-state index contributed by atoms with van der Waals surface area (Å²) in [4.78, 5) is 19.2. The maximum Gasteiger partial charge on any atom is 0.266 e. The van der Waals surface area contributed by atoms with Crippen molar-refractivity contribution in [2.75, 3.05) is 21.3 Å². The number of ether oxygens (including phenoxy) is 2. The monoisotopic (exact) mass is 388 g/mol. The number of nitrogens with zero attached hydrogens (tertiary/aromatic N) is 2. The van der Waals surface area contributed by atoms with Gasteiger partial charge in [0.2, 0.25) is 0 Å². The second kappa shape index (κ2) is 7.85. The number of thioether (sulfide) groups is 1. The predicted octanol–water partition coefficient (Wildman–Crippen LogP) is 4.59. The minimum Gasteiger partial charge on any atom is -0.493 e. The zero-order valence-corrected chi connectivity index (χ0v) is 16.1. The summed E-state index contributed by atoms with van der Waals surface area (Å²) < 4.78 is 10.7. The van der Waals surface area contributed by atoms with Crippen LogP contribution in [0.3, 0.4) is 0 Å². The summed E-state index contributed by atoms with van der Waals surface area (Å²) in [6, 6.07) is 12.7. The van der Waals surface area contributed by atoms with Gasteiger partial charge in [0.05, 0.1) is 24.8 Å². The Kier molecular flexibility index (Phi) is 5.54. The normalized spacial score (nSPS) is 17.2. The molecule has 0 N–H and O–H groups in total. The first kappa shape index (κ1) is 18.4. The van der Waals surface area contributed by atoms with E-state index < -0.39 is 0 Å². The number of carbonyl (C=O) groups is 1. The lowest BCUT2D eigenvalue weighted by Gasteiger charge is -2.10. The number of para-hydroxylation sites is 1. The number of halogens is 1. The van der Waals surface area contributed by atoms with Gasteiger partial charge < -0.3 is 9.47 Å². The van der Waals surface area contributed by atoms with Gasteiger partial charge in [-0.05, 0) is 48.2 Å². The van der Waals surface area contributed by atoms with Crippen LogP contribution in [0, 0.1) is 0 Å². The summed E-state index contributed by atoms with van der Waals surface area (Å²) in [5.74, 6) is 1.08. The average Bonchev–Trinajstić information content (AvgIpc) is 2.91. The first-order valence-electron chi connectivity index (χ1n) is 7.76. The fourth-order valence-electron chi connectivity index (χ4n) is 2.44. The summed E-state index contributed by atoms with van der Waals surface area (Å²) in [6.07, 6.45) is 1.79. The molecule has 1 fully saturated rings. The van der Waals surface area contributed by atoms with E-state index in [-0.39, 0.29) is 5.91 Å². The Balaban J connectivity index is 1.94. The molecule has 0 bridgehead atoms. The molecule has 0 aliphatic carbocycles. The van der Waals surface area contributed by atoms with Crippen molar-refractivity contribution in [3.05, 3.63) is 58.0 Å². The summed E-state index contributed by atoms with van der Waals surface area (Å²) in [5.41, 5.74) is 1.50. The number of carbonyl (C=O) groups excluding carboxylic acids is 1. The van der Waals surface area contributed by atoms with Gasteiger partial charge in [-0.2, -0.15) is 0 Å². The van der Waals surface area contributed by atoms with Gasteiger partial charge in [-0.25, -0.2) is 4.99 Å². The first-order chi connectivity index (χ1) is 12.5. The highest BCUT2D eigenvalue weighted by molar-refractivity contribution is 8.18. The van der Waals surface area contributed by atoms with Gasteiger partial charge in [0, 0.05) is 17.6 Å². The molecular weight excluding hydrogens is 372 g/mol. The Hall–Kier alpha value is -2.44. The highest BCUT2D eigenvalue weighted by atomic mass is 35.5. The van der Waals surface area contributed by atoms with Gasteiger partial charge in [-0.15, -0.1) is 0 Å². The molecule has 1 aliphatic heterocycles. The molecule has 26 heavy (non-hydrogen) atoms. The fourth-order valence-corrected chi connectivity index (χ4v) is 3.55. The number of hydrogen-bond acceptors (Lipinski definition) is 5. The lowest BCUT2D eigenvalue weighted by molar-refractivity contribution is -0.121.